The highest BCUT2D eigenvalue weighted by Gasteiger charge is 2.32. The molecule has 3 aromatic carbocycles. The first kappa shape index (κ1) is 25.5. The molecule has 6 nitrogen and oxygen atoms in total. The molecule has 0 saturated carbocycles. The number of ether oxygens (including phenoxy) is 3. The number of halogens is 2. The molecule has 188 valence electrons. The smallest absolute Gasteiger partial charge is 0.349 e. The van der Waals surface area contributed by atoms with Crippen LogP contribution >= 0.6 is 11.6 Å². The number of fused-ring (bicyclic) bond motifs is 1. The molecule has 36 heavy (non-hydrogen) atoms. The van der Waals surface area contributed by atoms with Crippen LogP contribution in [0.1, 0.15) is 47.8 Å². The van der Waals surface area contributed by atoms with E-state index in [-0.39, 0.29) is 23.8 Å². The highest BCUT2D eigenvalue weighted by molar-refractivity contribution is 6.30. The van der Waals surface area contributed by atoms with Crippen molar-refractivity contribution in [3.8, 4) is 17.2 Å². The van der Waals surface area contributed by atoms with E-state index in [2.05, 4.69) is 0 Å². The zero-order chi connectivity index (χ0) is 26.0. The van der Waals surface area contributed by atoms with E-state index >= 15 is 0 Å². The molecular formula is C28H27ClFNO5. The molecule has 0 aromatic heterocycles. The van der Waals surface area contributed by atoms with Crippen molar-refractivity contribution in [3.05, 3.63) is 87.7 Å². The molecule has 0 atom stereocenters. The minimum Gasteiger partial charge on any atom is -0.476 e. The van der Waals surface area contributed by atoms with Crippen LogP contribution in [0.15, 0.2) is 54.6 Å². The molecule has 4 rings (SSSR count). The van der Waals surface area contributed by atoms with Crippen LogP contribution in [0.5, 0.6) is 17.2 Å². The predicted molar refractivity (Wildman–Crippen MR) is 134 cm³/mol. The van der Waals surface area contributed by atoms with Gasteiger partial charge in [0, 0.05) is 29.7 Å². The van der Waals surface area contributed by atoms with Crippen LogP contribution in [-0.4, -0.2) is 29.0 Å². The third-order valence-corrected chi connectivity index (χ3v) is 6.05. The number of rotatable bonds is 7. The Hall–Kier alpha value is -3.58. The maximum Gasteiger partial charge on any atom is 0.349 e. The fraction of sp³-hybridized carbons (Fsp3) is 0.286. The minimum absolute atomic E-state index is 0.191. The number of esters is 1. The second-order valence-corrected chi connectivity index (χ2v) is 9.55. The maximum absolute atomic E-state index is 14.4. The lowest BCUT2D eigenvalue weighted by Gasteiger charge is -2.25. The van der Waals surface area contributed by atoms with Crippen LogP contribution in [0.25, 0.3) is 0 Å². The van der Waals surface area contributed by atoms with Gasteiger partial charge >= 0.3 is 5.97 Å². The van der Waals surface area contributed by atoms with E-state index in [4.69, 9.17) is 25.8 Å². The van der Waals surface area contributed by atoms with Gasteiger partial charge in [-0.05, 0) is 86.8 Å². The van der Waals surface area contributed by atoms with Crippen molar-refractivity contribution in [3.63, 3.8) is 0 Å². The summed E-state index contributed by atoms with van der Waals surface area (Å²) in [6, 6.07) is 14.5. The van der Waals surface area contributed by atoms with E-state index < -0.39 is 17.4 Å². The second kappa shape index (κ2) is 10.2. The Labute approximate surface area is 214 Å². The highest BCUT2D eigenvalue weighted by atomic mass is 35.5. The summed E-state index contributed by atoms with van der Waals surface area (Å²) in [5, 5.41) is 0.612. The monoisotopic (exact) mass is 511 g/mol. The lowest BCUT2D eigenvalue weighted by Crippen LogP contribution is -2.39. The Morgan fingerprint density at radius 1 is 1.00 bits per heavy atom. The van der Waals surface area contributed by atoms with Crippen LogP contribution in [0.3, 0.4) is 0 Å². The van der Waals surface area contributed by atoms with Crippen molar-refractivity contribution < 1.29 is 28.2 Å². The molecule has 0 unspecified atom stereocenters. The van der Waals surface area contributed by atoms with Gasteiger partial charge in [0.25, 0.3) is 5.91 Å². The van der Waals surface area contributed by atoms with Crippen molar-refractivity contribution in [1.82, 2.24) is 4.90 Å². The van der Waals surface area contributed by atoms with Gasteiger partial charge in [-0.2, -0.15) is 0 Å². The molecule has 1 heterocycles. The number of nitrogens with zero attached hydrogens (tertiary/aromatic N) is 1. The lowest BCUT2D eigenvalue weighted by atomic mass is 10.1. The summed E-state index contributed by atoms with van der Waals surface area (Å²) in [5.74, 6) is -0.231. The Bertz CT molecular complexity index is 1320. The molecule has 0 bridgehead atoms. The van der Waals surface area contributed by atoms with Crippen LogP contribution in [0, 0.1) is 12.7 Å². The van der Waals surface area contributed by atoms with Crippen molar-refractivity contribution >= 4 is 23.5 Å². The molecule has 0 N–H and O–H groups in total. The normalized spacial score (nSPS) is 12.8. The van der Waals surface area contributed by atoms with Crippen molar-refractivity contribution in [2.75, 3.05) is 6.61 Å². The fourth-order valence-electron chi connectivity index (χ4n) is 3.99. The van der Waals surface area contributed by atoms with E-state index in [0.717, 1.165) is 11.1 Å². The molecule has 0 radical (unpaired) electrons. The summed E-state index contributed by atoms with van der Waals surface area (Å²) in [6.07, 6.45) is 0. The quantitative estimate of drug-likeness (QED) is 0.341. The average molecular weight is 512 g/mol. The molecular weight excluding hydrogens is 485 g/mol. The van der Waals surface area contributed by atoms with E-state index in [1.54, 1.807) is 56.9 Å². The van der Waals surface area contributed by atoms with E-state index in [9.17, 15) is 14.0 Å². The number of hydrogen-bond acceptors (Lipinski definition) is 5. The fourth-order valence-corrected chi connectivity index (χ4v) is 4.19. The number of hydrogen-bond donors (Lipinski definition) is 0. The van der Waals surface area contributed by atoms with Crippen LogP contribution in [0.2, 0.25) is 5.02 Å². The Morgan fingerprint density at radius 2 is 1.75 bits per heavy atom. The third kappa shape index (κ3) is 5.62. The number of amides is 1. The van der Waals surface area contributed by atoms with E-state index in [0.29, 0.717) is 35.2 Å². The zero-order valence-electron chi connectivity index (χ0n) is 20.6. The minimum atomic E-state index is -1.17. The molecule has 1 amide bonds. The van der Waals surface area contributed by atoms with Gasteiger partial charge in [0.05, 0.1) is 6.61 Å². The van der Waals surface area contributed by atoms with Crippen LogP contribution in [0.4, 0.5) is 4.39 Å². The Balaban J connectivity index is 1.49. The van der Waals surface area contributed by atoms with Gasteiger partial charge in [0.2, 0.25) is 0 Å². The Morgan fingerprint density at radius 3 is 2.47 bits per heavy atom. The standard InChI is InChI=1S/C28H27ClFNO5/c1-5-34-27(33)28(3,4)36-25-9-8-23(10-17(25)2)35-24-13-19(12-22(30)14-24)26(32)31-15-18-6-7-21(29)11-20(18)16-31/h6-14H,5,15-16H2,1-4H3. The first-order valence-corrected chi connectivity index (χ1v) is 12.0. The molecule has 1 aliphatic rings. The van der Waals surface area contributed by atoms with Gasteiger partial charge in [-0.1, -0.05) is 17.7 Å². The second-order valence-electron chi connectivity index (χ2n) is 9.11. The summed E-state index contributed by atoms with van der Waals surface area (Å²) in [6.45, 7) is 7.90. The van der Waals surface area contributed by atoms with Crippen molar-refractivity contribution in [1.29, 1.82) is 0 Å². The predicted octanol–water partition coefficient (Wildman–Crippen LogP) is 6.46. The first-order chi connectivity index (χ1) is 17.1. The first-order valence-electron chi connectivity index (χ1n) is 11.6. The molecule has 3 aromatic rings. The SMILES string of the molecule is CCOC(=O)C(C)(C)Oc1ccc(Oc2cc(F)cc(C(=O)N3Cc4ccc(Cl)cc4C3)c2)cc1C. The van der Waals surface area contributed by atoms with Gasteiger partial charge in [-0.3, -0.25) is 4.79 Å². The molecule has 0 saturated heterocycles. The third-order valence-electron chi connectivity index (χ3n) is 5.81. The van der Waals surface area contributed by atoms with Crippen molar-refractivity contribution in [2.45, 2.75) is 46.4 Å². The van der Waals surface area contributed by atoms with Crippen molar-refractivity contribution in [2.24, 2.45) is 0 Å². The van der Waals surface area contributed by atoms with Gasteiger partial charge in [-0.15, -0.1) is 0 Å². The lowest BCUT2D eigenvalue weighted by molar-refractivity contribution is -0.158. The average Bonchev–Trinajstić information content (AvgIpc) is 3.23. The molecule has 8 heteroatoms. The highest BCUT2D eigenvalue weighted by Crippen LogP contribution is 2.32. The van der Waals surface area contributed by atoms with Gasteiger partial charge in [0.1, 0.15) is 23.1 Å². The summed E-state index contributed by atoms with van der Waals surface area (Å²) in [7, 11) is 0. The van der Waals surface area contributed by atoms with Crippen LogP contribution in [-0.2, 0) is 22.6 Å². The largest absolute Gasteiger partial charge is 0.476 e. The zero-order valence-corrected chi connectivity index (χ0v) is 21.3. The number of benzene rings is 3. The summed E-state index contributed by atoms with van der Waals surface area (Å²) in [4.78, 5) is 26.9. The number of aryl methyl sites for hydroxylation is 1. The summed E-state index contributed by atoms with van der Waals surface area (Å²) < 4.78 is 31.2. The topological polar surface area (TPSA) is 65.1 Å². The van der Waals surface area contributed by atoms with Gasteiger partial charge < -0.3 is 19.1 Å². The van der Waals surface area contributed by atoms with Gasteiger partial charge in [-0.25, -0.2) is 9.18 Å². The number of carbonyl (C=O) groups excluding carboxylic acids is 2. The van der Waals surface area contributed by atoms with E-state index in [1.807, 2.05) is 12.1 Å². The van der Waals surface area contributed by atoms with Crippen LogP contribution < -0.4 is 9.47 Å². The van der Waals surface area contributed by atoms with Gasteiger partial charge in [0.15, 0.2) is 5.60 Å². The number of carbonyl (C=O) groups is 2. The summed E-state index contributed by atoms with van der Waals surface area (Å²) >= 11 is 6.07. The van der Waals surface area contributed by atoms with E-state index in [1.165, 1.54) is 18.2 Å². The molecule has 0 fully saturated rings. The Kier molecular flexibility index (Phi) is 7.22. The molecule has 0 spiro atoms. The summed E-state index contributed by atoms with van der Waals surface area (Å²) in [5.41, 5.74) is 1.74. The molecule has 1 aliphatic heterocycles. The maximum atomic E-state index is 14.4. The molecule has 0 aliphatic carbocycles.